The molecule has 0 aliphatic carbocycles. The second-order valence-electron chi connectivity index (χ2n) is 6.85. The molecule has 0 fully saturated rings. The van der Waals surface area contributed by atoms with Crippen LogP contribution >= 0.6 is 0 Å². The minimum absolute atomic E-state index is 0.176. The van der Waals surface area contributed by atoms with Crippen LogP contribution in [-0.4, -0.2) is 16.5 Å². The minimum Gasteiger partial charge on any atom is -0.310 e. The third-order valence-corrected chi connectivity index (χ3v) is 6.00. The highest BCUT2D eigenvalue weighted by Crippen LogP contribution is 2.27. The molecule has 3 nitrogen and oxygen atoms in total. The third-order valence-electron chi connectivity index (χ3n) is 4.75. The molecule has 2 unspecified atom stereocenters. The van der Waals surface area contributed by atoms with Gasteiger partial charge in [0.05, 0.1) is 11.0 Å². The highest BCUT2D eigenvalue weighted by Gasteiger charge is 2.19. The third kappa shape index (κ3) is 5.22. The van der Waals surface area contributed by atoms with E-state index in [1.807, 2.05) is 13.0 Å². The van der Waals surface area contributed by atoms with Crippen LogP contribution < -0.4 is 10.0 Å². The van der Waals surface area contributed by atoms with Crippen molar-refractivity contribution < 1.29 is 8.60 Å². The quantitative estimate of drug-likeness (QED) is 0.774. The largest absolute Gasteiger partial charge is 0.310 e. The van der Waals surface area contributed by atoms with Crippen molar-refractivity contribution in [3.63, 3.8) is 0 Å². The van der Waals surface area contributed by atoms with E-state index in [0.29, 0.717) is 12.3 Å². The number of halogens is 1. The first kappa shape index (κ1) is 19.2. The van der Waals surface area contributed by atoms with Gasteiger partial charge >= 0.3 is 0 Å². The molecule has 0 saturated carbocycles. The summed E-state index contributed by atoms with van der Waals surface area (Å²) >= 11 is 0. The average molecular weight is 375 g/mol. The van der Waals surface area contributed by atoms with Gasteiger partial charge in [0.15, 0.2) is 0 Å². The Morgan fingerprint density at radius 2 is 2.12 bits per heavy atom. The zero-order valence-corrected chi connectivity index (χ0v) is 16.1. The van der Waals surface area contributed by atoms with Crippen molar-refractivity contribution in [2.75, 3.05) is 12.3 Å². The lowest BCUT2D eigenvalue weighted by Crippen LogP contribution is -2.23. The van der Waals surface area contributed by atoms with E-state index < -0.39 is 11.0 Å². The van der Waals surface area contributed by atoms with Gasteiger partial charge in [-0.3, -0.25) is 0 Å². The Morgan fingerprint density at radius 3 is 2.92 bits per heavy atom. The van der Waals surface area contributed by atoms with Crippen molar-refractivity contribution in [1.29, 1.82) is 0 Å². The molecule has 0 aromatic heterocycles. The van der Waals surface area contributed by atoms with Gasteiger partial charge in [-0.25, -0.2) is 13.3 Å². The highest BCUT2D eigenvalue weighted by atomic mass is 32.2. The molecule has 2 atom stereocenters. The van der Waals surface area contributed by atoms with E-state index in [1.165, 1.54) is 17.2 Å². The van der Waals surface area contributed by atoms with E-state index in [4.69, 9.17) is 0 Å². The van der Waals surface area contributed by atoms with Crippen molar-refractivity contribution >= 4 is 11.0 Å². The first-order valence-electron chi connectivity index (χ1n) is 9.37. The fourth-order valence-corrected chi connectivity index (χ4v) is 4.32. The van der Waals surface area contributed by atoms with Gasteiger partial charge in [-0.2, -0.15) is 0 Å². The summed E-state index contributed by atoms with van der Waals surface area (Å²) in [5.74, 6) is 0.488. The first-order chi connectivity index (χ1) is 12.7. The van der Waals surface area contributed by atoms with Crippen LogP contribution in [0.3, 0.4) is 0 Å². The molecule has 1 aliphatic heterocycles. The Labute approximate surface area is 158 Å². The predicted molar refractivity (Wildman–Crippen MR) is 106 cm³/mol. The SMILES string of the molecule is CCCS(=O)NCc1ccc2c(c1)C(Cc1cccc(F)c1)NCCC2. The van der Waals surface area contributed by atoms with Crippen LogP contribution in [0.25, 0.3) is 0 Å². The van der Waals surface area contributed by atoms with Crippen LogP contribution in [0, 0.1) is 5.82 Å². The molecule has 0 amide bonds. The number of rotatable bonds is 7. The molecular weight excluding hydrogens is 347 g/mol. The molecule has 140 valence electrons. The lowest BCUT2D eigenvalue weighted by Gasteiger charge is -2.20. The fraction of sp³-hybridized carbons (Fsp3) is 0.429. The number of fused-ring (bicyclic) bond motifs is 1. The van der Waals surface area contributed by atoms with Crippen LogP contribution in [0.5, 0.6) is 0 Å². The molecule has 0 saturated heterocycles. The summed E-state index contributed by atoms with van der Waals surface area (Å²) in [6.45, 7) is 3.60. The Morgan fingerprint density at radius 1 is 1.23 bits per heavy atom. The minimum atomic E-state index is -0.976. The summed E-state index contributed by atoms with van der Waals surface area (Å²) in [6.07, 6.45) is 3.83. The van der Waals surface area contributed by atoms with Crippen molar-refractivity contribution in [2.45, 2.75) is 45.2 Å². The van der Waals surface area contributed by atoms with E-state index in [9.17, 15) is 8.60 Å². The van der Waals surface area contributed by atoms with Gasteiger partial charge in [0, 0.05) is 18.3 Å². The van der Waals surface area contributed by atoms with Crippen LogP contribution in [0.1, 0.15) is 48.1 Å². The fourth-order valence-electron chi connectivity index (χ4n) is 3.47. The number of hydrogen-bond acceptors (Lipinski definition) is 2. The second kappa shape index (κ2) is 9.40. The van der Waals surface area contributed by atoms with E-state index in [1.54, 1.807) is 12.1 Å². The maximum absolute atomic E-state index is 13.5. The standard InChI is InChI=1S/C21H27FN2OS/c1-2-11-26(25)24-15-17-8-9-18-6-4-10-23-21(20(18)13-17)14-16-5-3-7-19(22)12-16/h3,5,7-9,12-13,21,23-24H,2,4,6,10-11,14-15H2,1H3. The molecule has 0 spiro atoms. The summed E-state index contributed by atoms with van der Waals surface area (Å²) in [7, 11) is -0.976. The Balaban J connectivity index is 1.78. The Bertz CT molecular complexity index is 765. The Hall–Kier alpha value is -1.56. The van der Waals surface area contributed by atoms with Crippen LogP contribution in [0.15, 0.2) is 42.5 Å². The van der Waals surface area contributed by atoms with Gasteiger partial charge in [0.2, 0.25) is 0 Å². The molecule has 5 heteroatoms. The van der Waals surface area contributed by atoms with Crippen molar-refractivity contribution in [1.82, 2.24) is 10.0 Å². The number of benzene rings is 2. The molecular formula is C21H27FN2OS. The second-order valence-corrected chi connectivity index (χ2v) is 8.24. The summed E-state index contributed by atoms with van der Waals surface area (Å²) in [4.78, 5) is 0. The van der Waals surface area contributed by atoms with Gasteiger partial charge in [-0.05, 0) is 66.6 Å². The monoisotopic (exact) mass is 374 g/mol. The summed E-state index contributed by atoms with van der Waals surface area (Å²) in [5.41, 5.74) is 4.78. The van der Waals surface area contributed by atoms with E-state index in [-0.39, 0.29) is 11.9 Å². The van der Waals surface area contributed by atoms with E-state index in [0.717, 1.165) is 43.4 Å². The van der Waals surface area contributed by atoms with Gasteiger partial charge in [-0.1, -0.05) is 37.3 Å². The number of hydrogen-bond donors (Lipinski definition) is 2. The van der Waals surface area contributed by atoms with Gasteiger partial charge in [0.25, 0.3) is 0 Å². The van der Waals surface area contributed by atoms with E-state index >= 15 is 0 Å². The molecule has 0 radical (unpaired) electrons. The van der Waals surface area contributed by atoms with Crippen LogP contribution in [0.4, 0.5) is 4.39 Å². The molecule has 0 bridgehead atoms. The highest BCUT2D eigenvalue weighted by molar-refractivity contribution is 7.82. The van der Waals surface area contributed by atoms with Gasteiger partial charge < -0.3 is 5.32 Å². The molecule has 3 rings (SSSR count). The van der Waals surface area contributed by atoms with Crippen molar-refractivity contribution in [3.8, 4) is 0 Å². The maximum Gasteiger partial charge on any atom is 0.123 e. The first-order valence-corrected chi connectivity index (χ1v) is 10.7. The molecule has 26 heavy (non-hydrogen) atoms. The normalized spacial score (nSPS) is 18.2. The van der Waals surface area contributed by atoms with Gasteiger partial charge in [0.1, 0.15) is 5.82 Å². The van der Waals surface area contributed by atoms with Crippen molar-refractivity contribution in [2.24, 2.45) is 0 Å². The topological polar surface area (TPSA) is 41.1 Å². The zero-order chi connectivity index (χ0) is 18.4. The van der Waals surface area contributed by atoms with Crippen LogP contribution in [0.2, 0.25) is 0 Å². The molecule has 1 heterocycles. The lowest BCUT2D eigenvalue weighted by molar-refractivity contribution is 0.537. The molecule has 1 aliphatic rings. The van der Waals surface area contributed by atoms with Gasteiger partial charge in [-0.15, -0.1) is 0 Å². The summed E-state index contributed by atoms with van der Waals surface area (Å²) < 4.78 is 28.5. The summed E-state index contributed by atoms with van der Waals surface area (Å²) in [6, 6.07) is 13.6. The Kier molecular flexibility index (Phi) is 6.94. The molecule has 2 aromatic rings. The van der Waals surface area contributed by atoms with Crippen LogP contribution in [-0.2, 0) is 30.4 Å². The molecule has 2 N–H and O–H groups in total. The van der Waals surface area contributed by atoms with Crippen molar-refractivity contribution in [3.05, 3.63) is 70.5 Å². The predicted octanol–water partition coefficient (Wildman–Crippen LogP) is 3.81. The summed E-state index contributed by atoms with van der Waals surface area (Å²) in [5, 5.41) is 3.62. The molecule has 2 aromatic carbocycles. The lowest BCUT2D eigenvalue weighted by atomic mass is 9.92. The smallest absolute Gasteiger partial charge is 0.123 e. The average Bonchev–Trinajstić information content (AvgIpc) is 2.82. The maximum atomic E-state index is 13.5. The number of aryl methyl sites for hydroxylation is 1. The number of nitrogens with one attached hydrogen (secondary N) is 2. The van der Waals surface area contributed by atoms with E-state index in [2.05, 4.69) is 28.2 Å². The zero-order valence-electron chi connectivity index (χ0n) is 15.3.